The van der Waals surface area contributed by atoms with E-state index in [1.807, 2.05) is 31.2 Å². The van der Waals surface area contributed by atoms with E-state index in [2.05, 4.69) is 5.32 Å². The van der Waals surface area contributed by atoms with Crippen molar-refractivity contribution in [1.82, 2.24) is 0 Å². The van der Waals surface area contributed by atoms with Gasteiger partial charge in [0.25, 0.3) is 5.91 Å². The molecule has 148 valence electrons. The fourth-order valence-corrected chi connectivity index (χ4v) is 3.29. The topological polar surface area (TPSA) is 77.1 Å². The van der Waals surface area contributed by atoms with Gasteiger partial charge in [0.2, 0.25) is 11.7 Å². The molecular weight excluding hydrogens is 360 g/mol. The lowest BCUT2D eigenvalue weighted by molar-refractivity contribution is -0.118. The van der Waals surface area contributed by atoms with Crippen molar-refractivity contribution in [2.24, 2.45) is 0 Å². The zero-order valence-electron chi connectivity index (χ0n) is 16.5. The fraction of sp³-hybridized carbons (Fsp3) is 0.333. The van der Waals surface area contributed by atoms with E-state index in [1.165, 1.54) is 14.2 Å². The summed E-state index contributed by atoms with van der Waals surface area (Å²) < 4.78 is 16.3. The van der Waals surface area contributed by atoms with Crippen LogP contribution >= 0.6 is 0 Å². The SMILES string of the molecule is COc1cc(C)cc(OC)c1OCC(=O)Nc1ccc2c(c1)CCN2C(C)=O. The zero-order valence-corrected chi connectivity index (χ0v) is 16.5. The van der Waals surface area contributed by atoms with Crippen LogP contribution in [0.15, 0.2) is 30.3 Å². The molecule has 0 aliphatic carbocycles. The van der Waals surface area contributed by atoms with Gasteiger partial charge >= 0.3 is 0 Å². The van der Waals surface area contributed by atoms with Gasteiger partial charge in [0.05, 0.1) is 14.2 Å². The molecule has 0 aromatic heterocycles. The van der Waals surface area contributed by atoms with Crippen molar-refractivity contribution in [3.63, 3.8) is 0 Å². The quantitative estimate of drug-likeness (QED) is 0.829. The Morgan fingerprint density at radius 1 is 1.11 bits per heavy atom. The monoisotopic (exact) mass is 384 g/mol. The molecule has 1 aliphatic rings. The number of hydrogen-bond acceptors (Lipinski definition) is 5. The smallest absolute Gasteiger partial charge is 0.262 e. The summed E-state index contributed by atoms with van der Waals surface area (Å²) in [6.07, 6.45) is 0.771. The van der Waals surface area contributed by atoms with Crippen LogP contribution < -0.4 is 24.4 Å². The van der Waals surface area contributed by atoms with Crippen LogP contribution in [0, 0.1) is 6.92 Å². The minimum absolute atomic E-state index is 0.0185. The lowest BCUT2D eigenvalue weighted by atomic mass is 10.1. The molecule has 1 aliphatic heterocycles. The third-order valence-corrected chi connectivity index (χ3v) is 4.59. The molecular formula is C21H24N2O5. The van der Waals surface area contributed by atoms with Crippen LogP contribution in [0.1, 0.15) is 18.1 Å². The van der Waals surface area contributed by atoms with Crippen LogP contribution in [0.3, 0.4) is 0 Å². The number of carbonyl (C=O) groups is 2. The molecule has 7 nitrogen and oxygen atoms in total. The van der Waals surface area contributed by atoms with Crippen molar-refractivity contribution in [2.45, 2.75) is 20.3 Å². The molecule has 2 aromatic carbocycles. The number of nitrogens with zero attached hydrogens (tertiary/aromatic N) is 1. The van der Waals surface area contributed by atoms with Crippen molar-refractivity contribution < 1.29 is 23.8 Å². The lowest BCUT2D eigenvalue weighted by Gasteiger charge is -2.16. The van der Waals surface area contributed by atoms with Gasteiger partial charge in [0, 0.05) is 24.8 Å². The van der Waals surface area contributed by atoms with Gasteiger partial charge in [-0.3, -0.25) is 9.59 Å². The fourth-order valence-electron chi connectivity index (χ4n) is 3.29. The molecule has 2 aromatic rings. The summed E-state index contributed by atoms with van der Waals surface area (Å²) in [7, 11) is 3.08. The first-order valence-electron chi connectivity index (χ1n) is 8.99. The molecule has 3 rings (SSSR count). The van der Waals surface area contributed by atoms with Gasteiger partial charge in [0.15, 0.2) is 18.1 Å². The van der Waals surface area contributed by atoms with Gasteiger partial charge < -0.3 is 24.4 Å². The maximum atomic E-state index is 12.3. The van der Waals surface area contributed by atoms with Gasteiger partial charge in [-0.15, -0.1) is 0 Å². The summed E-state index contributed by atoms with van der Waals surface area (Å²) in [5.41, 5.74) is 3.57. The molecule has 28 heavy (non-hydrogen) atoms. The largest absolute Gasteiger partial charge is 0.493 e. The Labute approximate surface area is 164 Å². The Morgan fingerprint density at radius 2 is 1.79 bits per heavy atom. The molecule has 1 N–H and O–H groups in total. The van der Waals surface area contributed by atoms with Crippen molar-refractivity contribution in [3.8, 4) is 17.2 Å². The number of carbonyl (C=O) groups excluding carboxylic acids is 2. The molecule has 2 amide bonds. The highest BCUT2D eigenvalue weighted by atomic mass is 16.5. The van der Waals surface area contributed by atoms with E-state index in [9.17, 15) is 9.59 Å². The van der Waals surface area contributed by atoms with Gasteiger partial charge in [0.1, 0.15) is 0 Å². The van der Waals surface area contributed by atoms with Gasteiger partial charge in [-0.05, 0) is 54.8 Å². The maximum Gasteiger partial charge on any atom is 0.262 e. The highest BCUT2D eigenvalue weighted by Crippen LogP contribution is 2.38. The van der Waals surface area contributed by atoms with Crippen LogP contribution in [0.5, 0.6) is 17.2 Å². The Bertz CT molecular complexity index is 885. The van der Waals surface area contributed by atoms with E-state index in [-0.39, 0.29) is 18.4 Å². The Balaban J connectivity index is 1.67. The first kappa shape index (κ1) is 19.5. The first-order chi connectivity index (χ1) is 13.4. The summed E-state index contributed by atoms with van der Waals surface area (Å²) in [5, 5.41) is 2.82. The van der Waals surface area contributed by atoms with Crippen LogP contribution in [0.2, 0.25) is 0 Å². The maximum absolute atomic E-state index is 12.3. The molecule has 1 heterocycles. The summed E-state index contributed by atoms with van der Waals surface area (Å²) in [6, 6.07) is 9.16. The summed E-state index contributed by atoms with van der Waals surface area (Å²) in [6.45, 7) is 3.95. The van der Waals surface area contributed by atoms with E-state index in [0.717, 1.165) is 23.2 Å². The summed E-state index contributed by atoms with van der Waals surface area (Å²) in [5.74, 6) is 1.12. The van der Waals surface area contributed by atoms with Crippen LogP contribution in [-0.2, 0) is 16.0 Å². The van der Waals surface area contributed by atoms with Gasteiger partial charge in [-0.2, -0.15) is 0 Å². The molecule has 7 heteroatoms. The zero-order chi connectivity index (χ0) is 20.3. The molecule has 0 fully saturated rings. The highest BCUT2D eigenvalue weighted by molar-refractivity contribution is 5.96. The Morgan fingerprint density at radius 3 is 2.39 bits per heavy atom. The third kappa shape index (κ3) is 4.03. The van der Waals surface area contributed by atoms with E-state index in [1.54, 1.807) is 17.9 Å². The van der Waals surface area contributed by atoms with Crippen LogP contribution in [-0.4, -0.2) is 39.2 Å². The molecule has 0 saturated heterocycles. The Hall–Kier alpha value is -3.22. The average Bonchev–Trinajstić information content (AvgIpc) is 3.09. The van der Waals surface area contributed by atoms with Crippen molar-refractivity contribution in [1.29, 1.82) is 0 Å². The number of methoxy groups -OCH3 is 2. The number of aryl methyl sites for hydroxylation is 1. The van der Waals surface area contributed by atoms with E-state index >= 15 is 0 Å². The number of nitrogens with one attached hydrogen (secondary N) is 1. The normalized spacial score (nSPS) is 12.4. The molecule has 0 atom stereocenters. The van der Waals surface area contributed by atoms with Crippen LogP contribution in [0.25, 0.3) is 0 Å². The van der Waals surface area contributed by atoms with Crippen molar-refractivity contribution in [3.05, 3.63) is 41.5 Å². The molecule has 0 radical (unpaired) electrons. The third-order valence-electron chi connectivity index (χ3n) is 4.59. The second kappa shape index (κ2) is 8.21. The van der Waals surface area contributed by atoms with Crippen molar-refractivity contribution in [2.75, 3.05) is 37.6 Å². The van der Waals surface area contributed by atoms with Gasteiger partial charge in [-0.1, -0.05) is 0 Å². The highest BCUT2D eigenvalue weighted by Gasteiger charge is 2.22. The number of benzene rings is 2. The number of ether oxygens (including phenoxy) is 3. The number of anilines is 2. The first-order valence-corrected chi connectivity index (χ1v) is 8.99. The van der Waals surface area contributed by atoms with E-state index in [0.29, 0.717) is 29.5 Å². The second-order valence-electron chi connectivity index (χ2n) is 6.60. The lowest BCUT2D eigenvalue weighted by Crippen LogP contribution is -2.25. The summed E-state index contributed by atoms with van der Waals surface area (Å²) in [4.78, 5) is 25.7. The number of fused-ring (bicyclic) bond motifs is 1. The second-order valence-corrected chi connectivity index (χ2v) is 6.60. The average molecular weight is 384 g/mol. The van der Waals surface area contributed by atoms with E-state index < -0.39 is 0 Å². The van der Waals surface area contributed by atoms with Crippen molar-refractivity contribution >= 4 is 23.2 Å². The minimum Gasteiger partial charge on any atom is -0.493 e. The van der Waals surface area contributed by atoms with Gasteiger partial charge in [-0.25, -0.2) is 0 Å². The molecule has 0 unspecified atom stereocenters. The minimum atomic E-state index is -0.300. The number of amides is 2. The van der Waals surface area contributed by atoms with E-state index in [4.69, 9.17) is 14.2 Å². The predicted octanol–water partition coefficient (Wildman–Crippen LogP) is 2.94. The van der Waals surface area contributed by atoms with Crippen LogP contribution in [0.4, 0.5) is 11.4 Å². The standard InChI is InChI=1S/C21H24N2O5/c1-13-9-18(26-3)21(19(10-13)27-4)28-12-20(25)22-16-5-6-17-15(11-16)7-8-23(17)14(2)24/h5-6,9-11H,7-8,12H2,1-4H3,(H,22,25). The number of rotatable bonds is 6. The molecule has 0 saturated carbocycles. The number of hydrogen-bond donors (Lipinski definition) is 1. The molecule has 0 spiro atoms. The predicted molar refractivity (Wildman–Crippen MR) is 107 cm³/mol. The summed E-state index contributed by atoms with van der Waals surface area (Å²) >= 11 is 0. The Kier molecular flexibility index (Phi) is 5.73. The molecule has 0 bridgehead atoms.